The lowest BCUT2D eigenvalue weighted by Crippen LogP contribution is -2.16. The molecule has 102 valence electrons. The predicted molar refractivity (Wildman–Crippen MR) is 81.2 cm³/mol. The van der Waals surface area contributed by atoms with E-state index in [0.29, 0.717) is 6.42 Å². The second kappa shape index (κ2) is 7.29. The summed E-state index contributed by atoms with van der Waals surface area (Å²) in [7, 11) is 0. The second-order valence-electron chi connectivity index (χ2n) is 4.61. The molecule has 0 aromatic heterocycles. The van der Waals surface area contributed by atoms with Crippen molar-refractivity contribution in [3.8, 4) is 0 Å². The van der Waals surface area contributed by atoms with Crippen LogP contribution in [0.25, 0.3) is 6.08 Å². The summed E-state index contributed by atoms with van der Waals surface area (Å²) in [5.41, 5.74) is 2.24. The van der Waals surface area contributed by atoms with E-state index in [9.17, 15) is 4.79 Å². The van der Waals surface area contributed by atoms with Crippen LogP contribution in [-0.2, 0) is 16.0 Å². The lowest BCUT2D eigenvalue weighted by molar-refractivity contribution is -0.144. The van der Waals surface area contributed by atoms with Gasteiger partial charge in [0.05, 0.1) is 0 Å². The van der Waals surface area contributed by atoms with Crippen molar-refractivity contribution in [2.45, 2.75) is 19.4 Å². The SMILES string of the molecule is CC(=O)OC(/C=C/c1ccccc1)Cc1ccccc1. The Labute approximate surface area is 119 Å². The molecule has 0 N–H and O–H groups in total. The van der Waals surface area contributed by atoms with Crippen LogP contribution in [0.4, 0.5) is 0 Å². The molecule has 0 heterocycles. The molecular formula is C18H18O2. The zero-order valence-corrected chi connectivity index (χ0v) is 11.5. The molecule has 2 nitrogen and oxygen atoms in total. The Balaban J connectivity index is 2.07. The molecule has 2 aromatic carbocycles. The Morgan fingerprint density at radius 2 is 1.65 bits per heavy atom. The zero-order chi connectivity index (χ0) is 14.2. The van der Waals surface area contributed by atoms with Crippen molar-refractivity contribution < 1.29 is 9.53 Å². The second-order valence-corrected chi connectivity index (χ2v) is 4.61. The van der Waals surface area contributed by atoms with Crippen LogP contribution in [-0.4, -0.2) is 12.1 Å². The van der Waals surface area contributed by atoms with Gasteiger partial charge in [-0.3, -0.25) is 4.79 Å². The van der Waals surface area contributed by atoms with Crippen LogP contribution in [0.2, 0.25) is 0 Å². The van der Waals surface area contributed by atoms with E-state index in [-0.39, 0.29) is 12.1 Å². The average Bonchev–Trinajstić information content (AvgIpc) is 2.46. The fraction of sp³-hybridized carbons (Fsp3) is 0.167. The number of carbonyl (C=O) groups excluding carboxylic acids is 1. The van der Waals surface area contributed by atoms with Gasteiger partial charge >= 0.3 is 5.97 Å². The Morgan fingerprint density at radius 1 is 1.05 bits per heavy atom. The van der Waals surface area contributed by atoms with Crippen LogP contribution in [0.3, 0.4) is 0 Å². The summed E-state index contributed by atoms with van der Waals surface area (Å²) in [5.74, 6) is -0.261. The van der Waals surface area contributed by atoms with Gasteiger partial charge in [-0.05, 0) is 17.2 Å². The molecule has 2 aromatic rings. The van der Waals surface area contributed by atoms with Gasteiger partial charge in [-0.1, -0.05) is 66.7 Å². The molecule has 0 fully saturated rings. The van der Waals surface area contributed by atoms with Gasteiger partial charge in [0.25, 0.3) is 0 Å². The smallest absolute Gasteiger partial charge is 0.303 e. The molecule has 2 heteroatoms. The Bertz CT molecular complexity index is 558. The van der Waals surface area contributed by atoms with Gasteiger partial charge in [0.2, 0.25) is 0 Å². The normalized spacial score (nSPS) is 12.2. The first-order chi connectivity index (χ1) is 9.74. The van der Waals surface area contributed by atoms with Gasteiger partial charge in [-0.2, -0.15) is 0 Å². The van der Waals surface area contributed by atoms with Crippen molar-refractivity contribution >= 4 is 12.0 Å². The first kappa shape index (κ1) is 14.1. The summed E-state index contributed by atoms with van der Waals surface area (Å²) in [6.07, 6.45) is 4.36. The van der Waals surface area contributed by atoms with Crippen LogP contribution < -0.4 is 0 Å². The summed E-state index contributed by atoms with van der Waals surface area (Å²) in [6, 6.07) is 20.0. The van der Waals surface area contributed by atoms with E-state index in [4.69, 9.17) is 4.74 Å². The molecule has 20 heavy (non-hydrogen) atoms. The third kappa shape index (κ3) is 4.73. The van der Waals surface area contributed by atoms with E-state index in [2.05, 4.69) is 0 Å². The minimum Gasteiger partial charge on any atom is -0.458 e. The Kier molecular flexibility index (Phi) is 5.13. The molecule has 0 saturated carbocycles. The monoisotopic (exact) mass is 266 g/mol. The molecule has 0 amide bonds. The number of esters is 1. The van der Waals surface area contributed by atoms with E-state index < -0.39 is 0 Å². The molecule has 0 aliphatic heterocycles. The standard InChI is InChI=1S/C18H18O2/c1-15(19)20-18(14-17-10-6-3-7-11-17)13-12-16-8-4-2-5-9-16/h2-13,18H,14H2,1H3/b13-12+. The highest BCUT2D eigenvalue weighted by Gasteiger charge is 2.09. The van der Waals surface area contributed by atoms with Gasteiger partial charge in [0, 0.05) is 13.3 Å². The third-order valence-corrected chi connectivity index (χ3v) is 2.90. The average molecular weight is 266 g/mol. The maximum atomic E-state index is 11.2. The molecule has 0 saturated heterocycles. The maximum Gasteiger partial charge on any atom is 0.303 e. The topological polar surface area (TPSA) is 26.3 Å². The highest BCUT2D eigenvalue weighted by Crippen LogP contribution is 2.10. The fourth-order valence-electron chi connectivity index (χ4n) is 1.99. The van der Waals surface area contributed by atoms with Crippen molar-refractivity contribution in [2.24, 2.45) is 0 Å². The molecule has 0 spiro atoms. The van der Waals surface area contributed by atoms with Crippen LogP contribution in [0, 0.1) is 0 Å². The first-order valence-electron chi connectivity index (χ1n) is 6.68. The largest absolute Gasteiger partial charge is 0.458 e. The van der Waals surface area contributed by atoms with Gasteiger partial charge in [-0.15, -0.1) is 0 Å². The quantitative estimate of drug-likeness (QED) is 0.768. The third-order valence-electron chi connectivity index (χ3n) is 2.90. The van der Waals surface area contributed by atoms with E-state index in [0.717, 1.165) is 11.1 Å². The highest BCUT2D eigenvalue weighted by atomic mass is 16.5. The molecule has 0 aliphatic rings. The number of carbonyl (C=O) groups is 1. The van der Waals surface area contributed by atoms with Crippen molar-refractivity contribution in [1.82, 2.24) is 0 Å². The van der Waals surface area contributed by atoms with Gasteiger partial charge < -0.3 is 4.74 Å². The number of rotatable bonds is 5. The van der Waals surface area contributed by atoms with Crippen molar-refractivity contribution in [3.05, 3.63) is 77.9 Å². The summed E-state index contributed by atoms with van der Waals surface area (Å²) >= 11 is 0. The molecule has 0 aliphatic carbocycles. The minimum atomic E-state index is -0.261. The number of benzene rings is 2. The zero-order valence-electron chi connectivity index (χ0n) is 11.5. The molecule has 1 atom stereocenters. The maximum absolute atomic E-state index is 11.2. The lowest BCUT2D eigenvalue weighted by Gasteiger charge is -2.13. The van der Waals surface area contributed by atoms with Gasteiger partial charge in [0.1, 0.15) is 6.10 Å². The first-order valence-corrected chi connectivity index (χ1v) is 6.68. The van der Waals surface area contributed by atoms with E-state index in [1.54, 1.807) is 0 Å². The van der Waals surface area contributed by atoms with E-state index in [1.807, 2.05) is 72.8 Å². The van der Waals surface area contributed by atoms with Crippen LogP contribution in [0.5, 0.6) is 0 Å². The Morgan fingerprint density at radius 3 is 2.25 bits per heavy atom. The number of hydrogen-bond donors (Lipinski definition) is 0. The summed E-state index contributed by atoms with van der Waals surface area (Å²) in [5, 5.41) is 0. The van der Waals surface area contributed by atoms with Gasteiger partial charge in [0.15, 0.2) is 0 Å². The molecule has 0 bridgehead atoms. The predicted octanol–water partition coefficient (Wildman–Crippen LogP) is 3.87. The molecule has 0 radical (unpaired) electrons. The van der Waals surface area contributed by atoms with Crippen molar-refractivity contribution in [1.29, 1.82) is 0 Å². The van der Waals surface area contributed by atoms with Crippen LogP contribution in [0.15, 0.2) is 66.7 Å². The summed E-state index contributed by atoms with van der Waals surface area (Å²) < 4.78 is 5.35. The Hall–Kier alpha value is -2.35. The summed E-state index contributed by atoms with van der Waals surface area (Å²) in [6.45, 7) is 1.44. The van der Waals surface area contributed by atoms with Crippen molar-refractivity contribution in [3.63, 3.8) is 0 Å². The van der Waals surface area contributed by atoms with Crippen LogP contribution >= 0.6 is 0 Å². The molecule has 1 unspecified atom stereocenters. The minimum absolute atomic E-state index is 0.241. The van der Waals surface area contributed by atoms with E-state index in [1.165, 1.54) is 6.92 Å². The summed E-state index contributed by atoms with van der Waals surface area (Å²) in [4.78, 5) is 11.2. The highest BCUT2D eigenvalue weighted by molar-refractivity contribution is 5.66. The van der Waals surface area contributed by atoms with E-state index >= 15 is 0 Å². The fourth-order valence-corrected chi connectivity index (χ4v) is 1.99. The molecule has 2 rings (SSSR count). The molecular weight excluding hydrogens is 248 g/mol. The van der Waals surface area contributed by atoms with Crippen LogP contribution in [0.1, 0.15) is 18.1 Å². The lowest BCUT2D eigenvalue weighted by atomic mass is 10.1. The number of ether oxygens (including phenoxy) is 1. The van der Waals surface area contributed by atoms with Gasteiger partial charge in [-0.25, -0.2) is 0 Å². The number of hydrogen-bond acceptors (Lipinski definition) is 2. The van der Waals surface area contributed by atoms with Crippen molar-refractivity contribution in [2.75, 3.05) is 0 Å².